The summed E-state index contributed by atoms with van der Waals surface area (Å²) >= 11 is 0. The molecule has 0 radical (unpaired) electrons. The fourth-order valence-electron chi connectivity index (χ4n) is 2.39. The van der Waals surface area contributed by atoms with Gasteiger partial charge in [-0.05, 0) is 24.3 Å². The zero-order chi connectivity index (χ0) is 18.0. The number of rotatable bonds is 2. The van der Waals surface area contributed by atoms with Crippen molar-refractivity contribution in [2.24, 2.45) is 5.73 Å². The van der Waals surface area contributed by atoms with E-state index in [0.717, 1.165) is 0 Å². The number of anilines is 1. The number of benzene rings is 1. The van der Waals surface area contributed by atoms with Crippen molar-refractivity contribution in [3.05, 3.63) is 47.7 Å². The molecule has 1 aromatic carbocycles. The maximum absolute atomic E-state index is 11.5. The second-order valence-corrected chi connectivity index (χ2v) is 5.58. The molecule has 1 saturated heterocycles. The van der Waals surface area contributed by atoms with Crippen molar-refractivity contribution in [1.82, 2.24) is 4.98 Å². The summed E-state index contributed by atoms with van der Waals surface area (Å²) in [6.45, 7) is 0.148. The summed E-state index contributed by atoms with van der Waals surface area (Å²) in [5.41, 5.74) is 11.1. The quantitative estimate of drug-likeness (QED) is 0.539. The van der Waals surface area contributed by atoms with Gasteiger partial charge in [-0.3, -0.25) is 4.79 Å². The molecule has 0 bridgehead atoms. The first-order chi connectivity index (χ1) is 11.9. The van der Waals surface area contributed by atoms with Gasteiger partial charge in [0.25, 0.3) is 5.91 Å². The summed E-state index contributed by atoms with van der Waals surface area (Å²) in [6.07, 6.45) is 0.139. The second-order valence-electron chi connectivity index (χ2n) is 5.58. The van der Waals surface area contributed by atoms with E-state index in [2.05, 4.69) is 16.8 Å². The lowest BCUT2D eigenvalue weighted by atomic mass is 10.0. The van der Waals surface area contributed by atoms with E-state index in [1.165, 1.54) is 0 Å². The largest absolute Gasteiger partial charge is 0.463 e. The maximum Gasteiger partial charge on any atom is 0.351 e. The van der Waals surface area contributed by atoms with Crippen LogP contribution in [0.15, 0.2) is 36.4 Å². The van der Waals surface area contributed by atoms with Gasteiger partial charge in [0, 0.05) is 17.5 Å². The van der Waals surface area contributed by atoms with E-state index >= 15 is 0 Å². The van der Waals surface area contributed by atoms with Crippen LogP contribution in [0.5, 0.6) is 0 Å². The first-order valence-corrected chi connectivity index (χ1v) is 7.48. The third-order valence-corrected chi connectivity index (χ3v) is 3.77. The smallest absolute Gasteiger partial charge is 0.351 e. The van der Waals surface area contributed by atoms with E-state index in [1.807, 2.05) is 0 Å². The van der Waals surface area contributed by atoms with E-state index in [1.54, 1.807) is 36.4 Å². The van der Waals surface area contributed by atoms with Crippen molar-refractivity contribution in [2.75, 3.05) is 12.3 Å². The van der Waals surface area contributed by atoms with Gasteiger partial charge in [-0.2, -0.15) is 0 Å². The van der Waals surface area contributed by atoms with Crippen molar-refractivity contribution in [3.8, 4) is 23.1 Å². The molecule has 1 atom stereocenters. The molecule has 1 aliphatic rings. The van der Waals surface area contributed by atoms with Gasteiger partial charge < -0.3 is 21.3 Å². The minimum absolute atomic E-state index is 0.00278. The van der Waals surface area contributed by atoms with E-state index in [0.29, 0.717) is 16.8 Å². The molecule has 7 heteroatoms. The standard InChI is InChI=1S/C18H15N3O4/c19-13-4-5-14(21-15(13)16(20)22)12-3-1-2-11(10-12)6-7-18(24)8-9-25-17(18)23/h1-5,10,24H,8-9,19H2,(H2,20,22)/t18-/m0/s1. The zero-order valence-electron chi connectivity index (χ0n) is 13.2. The molecule has 0 saturated carbocycles. The van der Waals surface area contributed by atoms with Crippen LogP contribution in [0.3, 0.4) is 0 Å². The minimum Gasteiger partial charge on any atom is -0.463 e. The SMILES string of the molecule is NC(=O)c1nc(-c2cccc(C#C[C@]3(O)CCOC3=O)c2)ccc1N. The van der Waals surface area contributed by atoms with Crippen molar-refractivity contribution in [2.45, 2.75) is 12.0 Å². The molecule has 1 aromatic heterocycles. The predicted octanol–water partition coefficient (Wildman–Crippen LogP) is 0.459. The molecule has 7 nitrogen and oxygen atoms in total. The zero-order valence-corrected chi connectivity index (χ0v) is 13.2. The van der Waals surface area contributed by atoms with Crippen LogP contribution >= 0.6 is 0 Å². The van der Waals surface area contributed by atoms with E-state index < -0.39 is 17.5 Å². The van der Waals surface area contributed by atoms with Crippen LogP contribution in [0.1, 0.15) is 22.5 Å². The Hall–Kier alpha value is -3.37. The van der Waals surface area contributed by atoms with Crippen LogP contribution in [-0.2, 0) is 9.53 Å². The Morgan fingerprint density at radius 2 is 2.12 bits per heavy atom. The molecule has 1 fully saturated rings. The molecular formula is C18H15N3O4. The van der Waals surface area contributed by atoms with E-state index in [-0.39, 0.29) is 24.4 Å². The number of nitrogens with zero attached hydrogens (tertiary/aromatic N) is 1. The summed E-state index contributed by atoms with van der Waals surface area (Å²) in [5.74, 6) is 3.88. The number of amides is 1. The Morgan fingerprint density at radius 3 is 2.80 bits per heavy atom. The predicted molar refractivity (Wildman–Crippen MR) is 90.0 cm³/mol. The number of primary amides is 1. The molecule has 5 N–H and O–H groups in total. The Kier molecular flexibility index (Phi) is 4.13. The number of hydrogen-bond acceptors (Lipinski definition) is 6. The molecule has 3 rings (SSSR count). The highest BCUT2D eigenvalue weighted by Crippen LogP contribution is 2.22. The number of esters is 1. The topological polar surface area (TPSA) is 129 Å². The average molecular weight is 337 g/mol. The van der Waals surface area contributed by atoms with Crippen molar-refractivity contribution in [1.29, 1.82) is 0 Å². The summed E-state index contributed by atoms with van der Waals surface area (Å²) in [5, 5.41) is 10.1. The molecular weight excluding hydrogens is 322 g/mol. The Morgan fingerprint density at radius 1 is 1.32 bits per heavy atom. The van der Waals surface area contributed by atoms with Gasteiger partial charge in [0.1, 0.15) is 0 Å². The van der Waals surface area contributed by atoms with Crippen LogP contribution in [0.4, 0.5) is 5.69 Å². The first-order valence-electron chi connectivity index (χ1n) is 7.48. The van der Waals surface area contributed by atoms with E-state index in [4.69, 9.17) is 16.2 Å². The van der Waals surface area contributed by atoms with Crippen molar-refractivity contribution >= 4 is 17.6 Å². The lowest BCUT2D eigenvalue weighted by Gasteiger charge is -2.08. The van der Waals surface area contributed by atoms with Crippen LogP contribution in [-0.4, -0.2) is 34.2 Å². The third kappa shape index (κ3) is 3.29. The monoisotopic (exact) mass is 337 g/mol. The minimum atomic E-state index is -1.77. The number of aromatic nitrogens is 1. The Labute approximate surface area is 143 Å². The summed E-state index contributed by atoms with van der Waals surface area (Å²) in [6, 6.07) is 10.2. The molecule has 126 valence electrons. The summed E-state index contributed by atoms with van der Waals surface area (Å²) in [4.78, 5) is 27.0. The normalized spacial score (nSPS) is 19.0. The lowest BCUT2D eigenvalue weighted by molar-refractivity contribution is -0.148. The highest BCUT2D eigenvalue weighted by atomic mass is 16.6. The molecule has 1 amide bonds. The van der Waals surface area contributed by atoms with Gasteiger partial charge in [-0.25, -0.2) is 9.78 Å². The number of aliphatic hydroxyl groups is 1. The van der Waals surface area contributed by atoms with Gasteiger partial charge in [0.05, 0.1) is 18.0 Å². The van der Waals surface area contributed by atoms with Gasteiger partial charge in [0.15, 0.2) is 5.69 Å². The van der Waals surface area contributed by atoms with Crippen molar-refractivity contribution in [3.63, 3.8) is 0 Å². The van der Waals surface area contributed by atoms with Gasteiger partial charge in [0.2, 0.25) is 5.60 Å². The molecule has 25 heavy (non-hydrogen) atoms. The fourth-order valence-corrected chi connectivity index (χ4v) is 2.39. The Balaban J connectivity index is 1.94. The molecule has 2 heterocycles. The highest BCUT2D eigenvalue weighted by Gasteiger charge is 2.41. The first kappa shape index (κ1) is 16.5. The Bertz CT molecular complexity index is 929. The maximum atomic E-state index is 11.5. The number of ether oxygens (including phenoxy) is 1. The fraction of sp³-hybridized carbons (Fsp3) is 0.167. The highest BCUT2D eigenvalue weighted by molar-refractivity contribution is 5.96. The molecule has 2 aromatic rings. The number of nitrogens with two attached hydrogens (primary N) is 2. The van der Waals surface area contributed by atoms with Crippen LogP contribution in [0, 0.1) is 11.8 Å². The second kappa shape index (κ2) is 6.26. The van der Waals surface area contributed by atoms with Gasteiger partial charge >= 0.3 is 5.97 Å². The summed E-state index contributed by atoms with van der Waals surface area (Å²) in [7, 11) is 0. The summed E-state index contributed by atoms with van der Waals surface area (Å²) < 4.78 is 4.74. The average Bonchev–Trinajstić information content (AvgIpc) is 2.93. The van der Waals surface area contributed by atoms with Crippen molar-refractivity contribution < 1.29 is 19.4 Å². The van der Waals surface area contributed by atoms with Crippen LogP contribution in [0.25, 0.3) is 11.3 Å². The number of nitrogen functional groups attached to an aromatic ring is 1. The number of carbonyl (C=O) groups is 2. The number of cyclic esters (lactones) is 1. The third-order valence-electron chi connectivity index (χ3n) is 3.77. The lowest BCUT2D eigenvalue weighted by Crippen LogP contribution is -2.31. The number of pyridine rings is 1. The van der Waals surface area contributed by atoms with Crippen LogP contribution < -0.4 is 11.5 Å². The van der Waals surface area contributed by atoms with Crippen LogP contribution in [0.2, 0.25) is 0 Å². The molecule has 1 aliphatic heterocycles. The molecule has 0 aliphatic carbocycles. The molecule has 0 spiro atoms. The van der Waals surface area contributed by atoms with Gasteiger partial charge in [-0.15, -0.1) is 0 Å². The van der Waals surface area contributed by atoms with Gasteiger partial charge in [-0.1, -0.05) is 24.0 Å². The number of hydrogen-bond donors (Lipinski definition) is 3. The molecule has 0 unspecified atom stereocenters. The van der Waals surface area contributed by atoms with E-state index in [9.17, 15) is 14.7 Å². The number of carbonyl (C=O) groups excluding carboxylic acids is 2.